The first-order valence-corrected chi connectivity index (χ1v) is 11.5. The van der Waals surface area contributed by atoms with Crippen LogP contribution in [0.25, 0.3) is 0 Å². The van der Waals surface area contributed by atoms with Gasteiger partial charge in [-0.15, -0.1) is 0 Å². The fourth-order valence-corrected chi connectivity index (χ4v) is 4.67. The lowest BCUT2D eigenvalue weighted by atomic mass is 9.78. The Morgan fingerprint density at radius 2 is 1.73 bits per heavy atom. The van der Waals surface area contributed by atoms with Gasteiger partial charge in [-0.2, -0.15) is 0 Å². The average molecular weight is 429 g/mol. The first-order chi connectivity index (χ1) is 14.6. The van der Waals surface area contributed by atoms with Crippen LogP contribution in [0.2, 0.25) is 5.02 Å². The third kappa shape index (κ3) is 5.35. The van der Waals surface area contributed by atoms with E-state index in [4.69, 9.17) is 16.3 Å². The van der Waals surface area contributed by atoms with Gasteiger partial charge in [-0.05, 0) is 68.2 Å². The molecule has 0 radical (unpaired) electrons. The van der Waals surface area contributed by atoms with Crippen LogP contribution in [0.3, 0.4) is 0 Å². The summed E-state index contributed by atoms with van der Waals surface area (Å²) in [6.07, 6.45) is 4.74. The minimum atomic E-state index is -0.544. The van der Waals surface area contributed by atoms with Gasteiger partial charge in [-0.25, -0.2) is 0 Å². The lowest BCUT2D eigenvalue weighted by Crippen LogP contribution is -2.38. The van der Waals surface area contributed by atoms with E-state index in [0.717, 1.165) is 68.7 Å². The normalized spacial score (nSPS) is 15.3. The summed E-state index contributed by atoms with van der Waals surface area (Å²) in [6, 6.07) is 15.4. The van der Waals surface area contributed by atoms with E-state index in [-0.39, 0.29) is 5.91 Å². The van der Waals surface area contributed by atoms with Gasteiger partial charge in [0.1, 0.15) is 5.75 Å². The van der Waals surface area contributed by atoms with E-state index < -0.39 is 5.41 Å². The monoisotopic (exact) mass is 428 g/mol. The molecule has 1 saturated carbocycles. The molecule has 0 heterocycles. The first kappa shape index (κ1) is 22.6. The zero-order chi connectivity index (χ0) is 21.4. The summed E-state index contributed by atoms with van der Waals surface area (Å²) in [5.74, 6) is 0.857. The Balaban J connectivity index is 1.59. The molecule has 0 saturated heterocycles. The Kier molecular flexibility index (Phi) is 8.17. The van der Waals surface area contributed by atoms with Crippen molar-refractivity contribution in [2.24, 2.45) is 0 Å². The summed E-state index contributed by atoms with van der Waals surface area (Å²) in [5.41, 5.74) is 1.18. The van der Waals surface area contributed by atoms with E-state index in [1.807, 2.05) is 48.5 Å². The first-order valence-electron chi connectivity index (χ1n) is 11.1. The number of hydrogen-bond donors (Lipinski definition) is 1. The van der Waals surface area contributed by atoms with Gasteiger partial charge in [0, 0.05) is 17.3 Å². The predicted molar refractivity (Wildman–Crippen MR) is 125 cm³/mol. The number of nitrogens with one attached hydrogen (secondary N) is 1. The standard InChI is InChI=1S/C25H33ClN2O2/c1-3-28(4-2)18-9-19-30-21-14-12-20(13-15-21)27-24(29)25(16-7-8-17-25)22-10-5-6-11-23(22)26/h5-6,10-15H,3-4,7-9,16-19H2,1-2H3,(H,27,29). The van der Waals surface area contributed by atoms with E-state index in [0.29, 0.717) is 11.6 Å². The highest BCUT2D eigenvalue weighted by Gasteiger charge is 2.43. The quantitative estimate of drug-likeness (QED) is 0.479. The van der Waals surface area contributed by atoms with Gasteiger partial charge < -0.3 is 15.0 Å². The molecule has 4 nitrogen and oxygen atoms in total. The van der Waals surface area contributed by atoms with Crippen molar-refractivity contribution in [2.75, 3.05) is 31.6 Å². The zero-order valence-electron chi connectivity index (χ0n) is 18.1. The summed E-state index contributed by atoms with van der Waals surface area (Å²) < 4.78 is 5.85. The Morgan fingerprint density at radius 3 is 2.37 bits per heavy atom. The average Bonchev–Trinajstić information content (AvgIpc) is 3.26. The minimum absolute atomic E-state index is 0.0287. The number of benzene rings is 2. The molecule has 1 N–H and O–H groups in total. The van der Waals surface area contributed by atoms with Crippen molar-refractivity contribution in [3.63, 3.8) is 0 Å². The molecule has 0 spiro atoms. The number of ether oxygens (including phenoxy) is 1. The highest BCUT2D eigenvalue weighted by molar-refractivity contribution is 6.31. The second-order valence-corrected chi connectivity index (χ2v) is 8.38. The predicted octanol–water partition coefficient (Wildman–Crippen LogP) is 5.90. The molecule has 162 valence electrons. The van der Waals surface area contributed by atoms with E-state index >= 15 is 0 Å². The zero-order valence-corrected chi connectivity index (χ0v) is 18.9. The number of halogens is 1. The fraction of sp³-hybridized carbons (Fsp3) is 0.480. The molecule has 0 aliphatic heterocycles. The van der Waals surface area contributed by atoms with E-state index in [2.05, 4.69) is 24.1 Å². The van der Waals surface area contributed by atoms with Gasteiger partial charge in [-0.1, -0.05) is 56.5 Å². The maximum Gasteiger partial charge on any atom is 0.235 e. The molecule has 1 fully saturated rings. The molecule has 3 rings (SSSR count). The van der Waals surface area contributed by atoms with Crippen LogP contribution in [-0.4, -0.2) is 37.0 Å². The van der Waals surface area contributed by atoms with E-state index in [1.54, 1.807) is 0 Å². The van der Waals surface area contributed by atoms with Crippen molar-refractivity contribution in [3.8, 4) is 5.75 Å². The van der Waals surface area contributed by atoms with Gasteiger partial charge in [0.2, 0.25) is 5.91 Å². The molecule has 2 aromatic rings. The summed E-state index contributed by atoms with van der Waals surface area (Å²) >= 11 is 6.46. The van der Waals surface area contributed by atoms with Crippen LogP contribution in [0.15, 0.2) is 48.5 Å². The molecular formula is C25H33ClN2O2. The summed E-state index contributed by atoms with van der Waals surface area (Å²) in [7, 11) is 0. The van der Waals surface area contributed by atoms with Gasteiger partial charge in [-0.3, -0.25) is 4.79 Å². The van der Waals surface area contributed by atoms with Crippen LogP contribution in [-0.2, 0) is 10.2 Å². The molecule has 5 heteroatoms. The topological polar surface area (TPSA) is 41.6 Å². The Labute approximate surface area is 185 Å². The fourth-order valence-electron chi connectivity index (χ4n) is 4.35. The molecular weight excluding hydrogens is 396 g/mol. The maximum atomic E-state index is 13.3. The summed E-state index contributed by atoms with van der Waals surface area (Å²) in [6.45, 7) is 8.24. The van der Waals surface area contributed by atoms with Gasteiger partial charge in [0.05, 0.1) is 12.0 Å². The Hall–Kier alpha value is -2.04. The van der Waals surface area contributed by atoms with Crippen LogP contribution in [0.4, 0.5) is 5.69 Å². The molecule has 2 aromatic carbocycles. The smallest absolute Gasteiger partial charge is 0.235 e. The molecule has 1 aliphatic rings. The number of hydrogen-bond acceptors (Lipinski definition) is 3. The Morgan fingerprint density at radius 1 is 1.07 bits per heavy atom. The number of nitrogens with zero attached hydrogens (tertiary/aromatic N) is 1. The van der Waals surface area contributed by atoms with Crippen LogP contribution < -0.4 is 10.1 Å². The third-order valence-electron chi connectivity index (χ3n) is 6.18. The van der Waals surface area contributed by atoms with Crippen molar-refractivity contribution < 1.29 is 9.53 Å². The lowest BCUT2D eigenvalue weighted by Gasteiger charge is -2.29. The molecule has 0 bridgehead atoms. The van der Waals surface area contributed by atoms with Gasteiger partial charge in [0.15, 0.2) is 0 Å². The number of anilines is 1. The van der Waals surface area contributed by atoms with Crippen molar-refractivity contribution in [2.45, 2.75) is 51.4 Å². The van der Waals surface area contributed by atoms with Crippen molar-refractivity contribution >= 4 is 23.2 Å². The van der Waals surface area contributed by atoms with Crippen LogP contribution >= 0.6 is 11.6 Å². The largest absolute Gasteiger partial charge is 0.494 e. The minimum Gasteiger partial charge on any atom is -0.494 e. The van der Waals surface area contributed by atoms with Crippen LogP contribution in [0.5, 0.6) is 5.75 Å². The Bertz CT molecular complexity index is 812. The number of carbonyl (C=O) groups is 1. The van der Waals surface area contributed by atoms with E-state index in [1.165, 1.54) is 0 Å². The lowest BCUT2D eigenvalue weighted by molar-refractivity contribution is -0.121. The highest BCUT2D eigenvalue weighted by Crippen LogP contribution is 2.44. The van der Waals surface area contributed by atoms with Crippen molar-refractivity contribution in [1.29, 1.82) is 0 Å². The number of rotatable bonds is 10. The molecule has 1 amide bonds. The molecule has 0 unspecified atom stereocenters. The van der Waals surface area contributed by atoms with Gasteiger partial charge in [0.25, 0.3) is 0 Å². The molecule has 1 aliphatic carbocycles. The van der Waals surface area contributed by atoms with Crippen LogP contribution in [0, 0.1) is 0 Å². The maximum absolute atomic E-state index is 13.3. The van der Waals surface area contributed by atoms with Crippen molar-refractivity contribution in [1.82, 2.24) is 4.90 Å². The molecule has 30 heavy (non-hydrogen) atoms. The van der Waals surface area contributed by atoms with Gasteiger partial charge >= 0.3 is 0 Å². The SMILES string of the molecule is CCN(CC)CCCOc1ccc(NC(=O)C2(c3ccccc3Cl)CCCC2)cc1. The van der Waals surface area contributed by atoms with E-state index in [9.17, 15) is 4.79 Å². The second-order valence-electron chi connectivity index (χ2n) is 7.98. The van der Waals surface area contributed by atoms with Crippen LogP contribution in [0.1, 0.15) is 51.5 Å². The molecule has 0 aromatic heterocycles. The third-order valence-corrected chi connectivity index (χ3v) is 6.50. The highest BCUT2D eigenvalue weighted by atomic mass is 35.5. The molecule has 0 atom stereocenters. The summed E-state index contributed by atoms with van der Waals surface area (Å²) in [4.78, 5) is 15.7. The second kappa shape index (κ2) is 10.8. The number of carbonyl (C=O) groups excluding carboxylic acids is 1. The van der Waals surface area contributed by atoms with Crippen molar-refractivity contribution in [3.05, 3.63) is 59.1 Å². The summed E-state index contributed by atoms with van der Waals surface area (Å²) in [5, 5.41) is 3.78. The number of amides is 1.